The Morgan fingerprint density at radius 2 is 1.81 bits per heavy atom. The fourth-order valence-electron chi connectivity index (χ4n) is 2.40. The average molecular weight is 282 g/mol. The number of nitrogens with one attached hydrogen (secondary N) is 2. The normalized spacial score (nSPS) is 15.9. The minimum atomic E-state index is -0.201. The topological polar surface area (TPSA) is 66.9 Å². The van der Waals surface area contributed by atoms with Crippen LogP contribution in [-0.4, -0.2) is 21.5 Å². The SMILES string of the molecule is CC1(NC(=O)Nc2cnc(-c3ccccc3)nc2)CCC1. The highest BCUT2D eigenvalue weighted by atomic mass is 16.2. The zero-order chi connectivity index (χ0) is 14.7. The molecule has 5 nitrogen and oxygen atoms in total. The lowest BCUT2D eigenvalue weighted by atomic mass is 9.79. The van der Waals surface area contributed by atoms with Gasteiger partial charge in [-0.15, -0.1) is 0 Å². The van der Waals surface area contributed by atoms with Crippen molar-refractivity contribution in [2.45, 2.75) is 31.7 Å². The van der Waals surface area contributed by atoms with Crippen molar-refractivity contribution in [2.75, 3.05) is 5.32 Å². The molecule has 1 saturated carbocycles. The largest absolute Gasteiger partial charge is 0.333 e. The molecule has 0 unspecified atom stereocenters. The van der Waals surface area contributed by atoms with Crippen LogP contribution in [0.1, 0.15) is 26.2 Å². The van der Waals surface area contributed by atoms with Gasteiger partial charge in [-0.1, -0.05) is 30.3 Å². The predicted octanol–water partition coefficient (Wildman–Crippen LogP) is 3.21. The predicted molar refractivity (Wildman–Crippen MR) is 81.9 cm³/mol. The van der Waals surface area contributed by atoms with Crippen LogP contribution in [0.3, 0.4) is 0 Å². The number of amides is 2. The van der Waals surface area contributed by atoms with Gasteiger partial charge in [-0.2, -0.15) is 0 Å². The van der Waals surface area contributed by atoms with E-state index in [9.17, 15) is 4.79 Å². The Kier molecular flexibility index (Phi) is 3.56. The van der Waals surface area contributed by atoms with Crippen LogP contribution in [0.25, 0.3) is 11.4 Å². The molecule has 3 rings (SSSR count). The Bertz CT molecular complexity index is 620. The Morgan fingerprint density at radius 1 is 1.14 bits per heavy atom. The van der Waals surface area contributed by atoms with E-state index >= 15 is 0 Å². The third-order valence-electron chi connectivity index (χ3n) is 3.81. The van der Waals surface area contributed by atoms with E-state index in [4.69, 9.17) is 0 Å². The lowest BCUT2D eigenvalue weighted by Crippen LogP contribution is -2.52. The molecular weight excluding hydrogens is 264 g/mol. The number of hydrogen-bond acceptors (Lipinski definition) is 3. The van der Waals surface area contributed by atoms with Gasteiger partial charge in [-0.05, 0) is 26.2 Å². The molecule has 5 heteroatoms. The van der Waals surface area contributed by atoms with Crippen molar-refractivity contribution in [3.8, 4) is 11.4 Å². The summed E-state index contributed by atoms with van der Waals surface area (Å²) in [4.78, 5) is 20.5. The number of hydrogen-bond donors (Lipinski definition) is 2. The minimum Gasteiger partial charge on any atom is -0.333 e. The fraction of sp³-hybridized carbons (Fsp3) is 0.312. The number of benzene rings is 1. The van der Waals surface area contributed by atoms with E-state index in [0.29, 0.717) is 11.5 Å². The monoisotopic (exact) mass is 282 g/mol. The van der Waals surface area contributed by atoms with Gasteiger partial charge in [0.15, 0.2) is 5.82 Å². The molecule has 2 N–H and O–H groups in total. The first kappa shape index (κ1) is 13.5. The molecule has 1 aliphatic carbocycles. The van der Waals surface area contributed by atoms with Crippen molar-refractivity contribution in [3.05, 3.63) is 42.7 Å². The van der Waals surface area contributed by atoms with Crippen LogP contribution >= 0.6 is 0 Å². The zero-order valence-corrected chi connectivity index (χ0v) is 12.0. The Morgan fingerprint density at radius 3 is 2.38 bits per heavy atom. The van der Waals surface area contributed by atoms with Crippen LogP contribution in [0.15, 0.2) is 42.7 Å². The Labute approximate surface area is 123 Å². The van der Waals surface area contributed by atoms with Crippen molar-refractivity contribution in [1.29, 1.82) is 0 Å². The molecule has 1 fully saturated rings. The molecule has 0 spiro atoms. The second kappa shape index (κ2) is 5.52. The summed E-state index contributed by atoms with van der Waals surface area (Å²) in [5.41, 5.74) is 1.49. The first-order valence-electron chi connectivity index (χ1n) is 7.11. The smallest absolute Gasteiger partial charge is 0.319 e. The van der Waals surface area contributed by atoms with Crippen molar-refractivity contribution >= 4 is 11.7 Å². The Balaban J connectivity index is 1.63. The fourth-order valence-corrected chi connectivity index (χ4v) is 2.40. The lowest BCUT2D eigenvalue weighted by Gasteiger charge is -2.38. The van der Waals surface area contributed by atoms with E-state index in [1.807, 2.05) is 30.3 Å². The van der Waals surface area contributed by atoms with Gasteiger partial charge >= 0.3 is 6.03 Å². The minimum absolute atomic E-state index is 0.0606. The van der Waals surface area contributed by atoms with Crippen LogP contribution in [0.5, 0.6) is 0 Å². The maximum Gasteiger partial charge on any atom is 0.319 e. The van der Waals surface area contributed by atoms with Gasteiger partial charge in [0.2, 0.25) is 0 Å². The van der Waals surface area contributed by atoms with Crippen LogP contribution in [-0.2, 0) is 0 Å². The maximum absolute atomic E-state index is 11.9. The highest BCUT2D eigenvalue weighted by Gasteiger charge is 2.33. The highest BCUT2D eigenvalue weighted by Crippen LogP contribution is 2.30. The van der Waals surface area contributed by atoms with Crippen LogP contribution in [0, 0.1) is 0 Å². The molecule has 1 aromatic carbocycles. The summed E-state index contributed by atoms with van der Waals surface area (Å²) in [7, 11) is 0. The molecule has 0 saturated heterocycles. The van der Waals surface area contributed by atoms with Gasteiger partial charge < -0.3 is 10.6 Å². The average Bonchev–Trinajstić information content (AvgIpc) is 2.47. The first-order chi connectivity index (χ1) is 10.1. The van der Waals surface area contributed by atoms with E-state index in [0.717, 1.165) is 18.4 Å². The number of carbonyl (C=O) groups is 1. The van der Waals surface area contributed by atoms with Crippen LogP contribution in [0.2, 0.25) is 0 Å². The van der Waals surface area contributed by atoms with Gasteiger partial charge in [0, 0.05) is 11.1 Å². The number of anilines is 1. The lowest BCUT2D eigenvalue weighted by molar-refractivity contribution is 0.200. The molecule has 1 aliphatic rings. The van der Waals surface area contributed by atoms with Gasteiger partial charge in [0.1, 0.15) is 0 Å². The summed E-state index contributed by atoms with van der Waals surface area (Å²) in [5.74, 6) is 0.646. The third-order valence-corrected chi connectivity index (χ3v) is 3.81. The van der Waals surface area contributed by atoms with Crippen LogP contribution < -0.4 is 10.6 Å². The summed E-state index contributed by atoms with van der Waals surface area (Å²) in [6, 6.07) is 9.53. The van der Waals surface area contributed by atoms with Crippen molar-refractivity contribution in [1.82, 2.24) is 15.3 Å². The van der Waals surface area contributed by atoms with E-state index in [2.05, 4.69) is 27.5 Å². The molecule has 2 aromatic rings. The van der Waals surface area contributed by atoms with Gasteiger partial charge in [0.25, 0.3) is 0 Å². The highest BCUT2D eigenvalue weighted by molar-refractivity contribution is 5.89. The number of rotatable bonds is 3. The summed E-state index contributed by atoms with van der Waals surface area (Å²) >= 11 is 0. The second-order valence-electron chi connectivity index (χ2n) is 5.65. The van der Waals surface area contributed by atoms with Crippen molar-refractivity contribution in [2.24, 2.45) is 0 Å². The van der Waals surface area contributed by atoms with Gasteiger partial charge in [-0.3, -0.25) is 0 Å². The van der Waals surface area contributed by atoms with Gasteiger partial charge in [-0.25, -0.2) is 14.8 Å². The first-order valence-corrected chi connectivity index (χ1v) is 7.11. The third kappa shape index (κ3) is 3.18. The number of aromatic nitrogens is 2. The van der Waals surface area contributed by atoms with E-state index in [-0.39, 0.29) is 11.6 Å². The molecule has 2 amide bonds. The van der Waals surface area contributed by atoms with Gasteiger partial charge in [0.05, 0.1) is 18.1 Å². The molecular formula is C16H18N4O. The number of carbonyl (C=O) groups excluding carboxylic acids is 1. The Hall–Kier alpha value is -2.43. The summed E-state index contributed by atoms with van der Waals surface area (Å²) in [6.45, 7) is 2.06. The molecule has 21 heavy (non-hydrogen) atoms. The maximum atomic E-state index is 11.9. The zero-order valence-electron chi connectivity index (χ0n) is 12.0. The molecule has 108 valence electrons. The summed E-state index contributed by atoms with van der Waals surface area (Å²) in [5, 5.41) is 5.75. The second-order valence-corrected chi connectivity index (χ2v) is 5.65. The number of nitrogens with zero attached hydrogens (tertiary/aromatic N) is 2. The quantitative estimate of drug-likeness (QED) is 0.908. The van der Waals surface area contributed by atoms with Crippen molar-refractivity contribution in [3.63, 3.8) is 0 Å². The molecule has 0 radical (unpaired) electrons. The number of urea groups is 1. The standard InChI is InChI=1S/C16H18N4O/c1-16(8-5-9-16)20-15(21)19-13-10-17-14(18-11-13)12-6-3-2-4-7-12/h2-4,6-7,10-11H,5,8-9H2,1H3,(H2,19,20,21). The molecule has 1 aromatic heterocycles. The molecule has 1 heterocycles. The van der Waals surface area contributed by atoms with E-state index in [1.54, 1.807) is 12.4 Å². The van der Waals surface area contributed by atoms with Crippen LogP contribution in [0.4, 0.5) is 10.5 Å². The summed E-state index contributed by atoms with van der Waals surface area (Å²) in [6.07, 6.45) is 6.48. The molecule has 0 atom stereocenters. The van der Waals surface area contributed by atoms with E-state index < -0.39 is 0 Å². The van der Waals surface area contributed by atoms with Crippen molar-refractivity contribution < 1.29 is 4.79 Å². The summed E-state index contributed by atoms with van der Waals surface area (Å²) < 4.78 is 0. The molecule has 0 aliphatic heterocycles. The van der Waals surface area contributed by atoms with E-state index in [1.165, 1.54) is 6.42 Å². The molecule has 0 bridgehead atoms.